The molecule has 0 unspecified atom stereocenters. The van der Waals surface area contributed by atoms with Crippen LogP contribution >= 0.6 is 11.3 Å². The average Bonchev–Trinajstić information content (AvgIpc) is 3.00. The lowest BCUT2D eigenvalue weighted by atomic mass is 9.94. The molecular formula is C15H24N2O3S2. The number of sulfonamides is 1. The van der Waals surface area contributed by atoms with Crippen LogP contribution in [0.3, 0.4) is 0 Å². The highest BCUT2D eigenvalue weighted by atomic mass is 32.2. The molecule has 0 aliphatic heterocycles. The molecule has 1 atom stereocenters. The standard InChI is InChI=1S/C15H24N2O3S2/c1-11(2)14(15(18)16-12-7-4-3-5-8-12)17-22(19,20)13-9-6-10-21-13/h6,9-12,14,17H,3-5,7-8H2,1-2H3,(H,16,18)/t14-/m0/s1. The number of nitrogens with one attached hydrogen (secondary N) is 2. The highest BCUT2D eigenvalue weighted by Crippen LogP contribution is 2.19. The molecule has 2 N–H and O–H groups in total. The van der Waals surface area contributed by atoms with E-state index < -0.39 is 16.1 Å². The molecule has 1 fully saturated rings. The van der Waals surface area contributed by atoms with Gasteiger partial charge in [-0.1, -0.05) is 39.2 Å². The molecule has 0 spiro atoms. The minimum Gasteiger partial charge on any atom is -0.352 e. The number of hydrogen-bond donors (Lipinski definition) is 2. The summed E-state index contributed by atoms with van der Waals surface area (Å²) in [6, 6.07) is 2.66. The SMILES string of the molecule is CC(C)[C@H](NS(=O)(=O)c1cccs1)C(=O)NC1CCCCC1. The van der Waals surface area contributed by atoms with Crippen molar-refractivity contribution in [3.05, 3.63) is 17.5 Å². The Labute approximate surface area is 136 Å². The van der Waals surface area contributed by atoms with Crippen molar-refractivity contribution in [2.45, 2.75) is 62.2 Å². The summed E-state index contributed by atoms with van der Waals surface area (Å²) in [7, 11) is -3.64. The van der Waals surface area contributed by atoms with Crippen LogP contribution in [0.25, 0.3) is 0 Å². The van der Waals surface area contributed by atoms with Crippen molar-refractivity contribution in [2.75, 3.05) is 0 Å². The van der Waals surface area contributed by atoms with E-state index in [0.717, 1.165) is 37.0 Å². The fraction of sp³-hybridized carbons (Fsp3) is 0.667. The molecule has 124 valence electrons. The lowest BCUT2D eigenvalue weighted by Crippen LogP contribution is -2.52. The average molecular weight is 345 g/mol. The van der Waals surface area contributed by atoms with Gasteiger partial charge in [0, 0.05) is 6.04 Å². The predicted octanol–water partition coefficient (Wildman–Crippen LogP) is 2.50. The van der Waals surface area contributed by atoms with Gasteiger partial charge in [-0.3, -0.25) is 4.79 Å². The maximum atomic E-state index is 12.5. The van der Waals surface area contributed by atoms with Gasteiger partial charge < -0.3 is 5.32 Å². The van der Waals surface area contributed by atoms with Gasteiger partial charge in [-0.15, -0.1) is 11.3 Å². The minimum atomic E-state index is -3.64. The van der Waals surface area contributed by atoms with Crippen molar-refractivity contribution in [1.82, 2.24) is 10.0 Å². The van der Waals surface area contributed by atoms with Gasteiger partial charge in [-0.05, 0) is 30.2 Å². The van der Waals surface area contributed by atoms with Gasteiger partial charge in [0.2, 0.25) is 5.91 Å². The second kappa shape index (κ2) is 7.57. The number of thiophene rings is 1. The van der Waals surface area contributed by atoms with Crippen molar-refractivity contribution >= 4 is 27.3 Å². The third-order valence-corrected chi connectivity index (χ3v) is 6.78. The topological polar surface area (TPSA) is 75.3 Å². The van der Waals surface area contributed by atoms with Gasteiger partial charge in [0.05, 0.1) is 0 Å². The Kier molecular flexibility index (Phi) is 6.00. The Morgan fingerprint density at radius 1 is 1.27 bits per heavy atom. The number of rotatable bonds is 6. The summed E-state index contributed by atoms with van der Waals surface area (Å²) in [6.45, 7) is 3.70. The molecule has 22 heavy (non-hydrogen) atoms. The van der Waals surface area contributed by atoms with E-state index in [9.17, 15) is 13.2 Å². The van der Waals surface area contributed by atoms with E-state index in [1.54, 1.807) is 17.5 Å². The van der Waals surface area contributed by atoms with Crippen LogP contribution in [-0.2, 0) is 14.8 Å². The van der Waals surface area contributed by atoms with Crippen molar-refractivity contribution in [2.24, 2.45) is 5.92 Å². The van der Waals surface area contributed by atoms with Crippen LogP contribution in [-0.4, -0.2) is 26.4 Å². The van der Waals surface area contributed by atoms with E-state index in [1.165, 1.54) is 6.42 Å². The highest BCUT2D eigenvalue weighted by molar-refractivity contribution is 7.91. The molecule has 1 saturated carbocycles. The summed E-state index contributed by atoms with van der Waals surface area (Å²) in [6.07, 6.45) is 5.42. The molecule has 1 amide bonds. The van der Waals surface area contributed by atoms with Crippen LogP contribution in [0.1, 0.15) is 46.0 Å². The largest absolute Gasteiger partial charge is 0.352 e. The summed E-state index contributed by atoms with van der Waals surface area (Å²) in [5.74, 6) is -0.333. The van der Waals surface area contributed by atoms with E-state index in [1.807, 2.05) is 13.8 Å². The van der Waals surface area contributed by atoms with Crippen LogP contribution in [0.15, 0.2) is 21.7 Å². The van der Waals surface area contributed by atoms with E-state index in [-0.39, 0.29) is 22.1 Å². The molecule has 1 aromatic heterocycles. The number of carbonyl (C=O) groups excluding carboxylic acids is 1. The maximum absolute atomic E-state index is 12.5. The van der Waals surface area contributed by atoms with E-state index in [2.05, 4.69) is 10.0 Å². The zero-order chi connectivity index (χ0) is 16.2. The Morgan fingerprint density at radius 3 is 2.50 bits per heavy atom. The van der Waals surface area contributed by atoms with E-state index in [4.69, 9.17) is 0 Å². The van der Waals surface area contributed by atoms with Gasteiger partial charge in [-0.25, -0.2) is 8.42 Å². The predicted molar refractivity (Wildman–Crippen MR) is 88.3 cm³/mol. The normalized spacial score (nSPS) is 18.3. The third-order valence-electron chi connectivity index (χ3n) is 3.94. The Balaban J connectivity index is 2.04. The molecule has 0 aromatic carbocycles. The maximum Gasteiger partial charge on any atom is 0.250 e. The number of amides is 1. The monoisotopic (exact) mass is 344 g/mol. The molecule has 0 saturated heterocycles. The molecule has 5 nitrogen and oxygen atoms in total. The first-order valence-corrected chi connectivity index (χ1v) is 10.1. The Morgan fingerprint density at radius 2 is 1.95 bits per heavy atom. The second-order valence-corrected chi connectivity index (χ2v) is 9.01. The summed E-state index contributed by atoms with van der Waals surface area (Å²) in [4.78, 5) is 12.5. The lowest BCUT2D eigenvalue weighted by molar-refractivity contribution is -0.124. The third kappa shape index (κ3) is 4.54. The van der Waals surface area contributed by atoms with E-state index >= 15 is 0 Å². The number of carbonyl (C=O) groups is 1. The minimum absolute atomic E-state index is 0.113. The highest BCUT2D eigenvalue weighted by Gasteiger charge is 2.30. The first-order chi connectivity index (χ1) is 10.4. The molecule has 2 rings (SSSR count). The fourth-order valence-electron chi connectivity index (χ4n) is 2.67. The zero-order valence-electron chi connectivity index (χ0n) is 13.0. The Hall–Kier alpha value is -0.920. The second-order valence-electron chi connectivity index (χ2n) is 6.12. The summed E-state index contributed by atoms with van der Waals surface area (Å²) < 4.78 is 27.4. The van der Waals surface area contributed by atoms with Crippen LogP contribution in [0, 0.1) is 5.92 Å². The molecule has 0 radical (unpaired) electrons. The smallest absolute Gasteiger partial charge is 0.250 e. The fourth-order valence-corrected chi connectivity index (χ4v) is 5.03. The van der Waals surface area contributed by atoms with Gasteiger partial charge in [0.15, 0.2) is 0 Å². The van der Waals surface area contributed by atoms with Gasteiger partial charge in [0.1, 0.15) is 10.3 Å². The van der Waals surface area contributed by atoms with Crippen molar-refractivity contribution in [1.29, 1.82) is 0 Å². The van der Waals surface area contributed by atoms with Gasteiger partial charge >= 0.3 is 0 Å². The molecule has 1 aromatic rings. The first-order valence-electron chi connectivity index (χ1n) is 7.76. The molecule has 0 bridgehead atoms. The van der Waals surface area contributed by atoms with E-state index in [0.29, 0.717) is 0 Å². The summed E-state index contributed by atoms with van der Waals surface area (Å²) >= 11 is 1.15. The van der Waals surface area contributed by atoms with Crippen LogP contribution in [0.2, 0.25) is 0 Å². The van der Waals surface area contributed by atoms with Gasteiger partial charge in [-0.2, -0.15) is 4.72 Å². The molecular weight excluding hydrogens is 320 g/mol. The number of hydrogen-bond acceptors (Lipinski definition) is 4. The van der Waals surface area contributed by atoms with Crippen molar-refractivity contribution in [3.8, 4) is 0 Å². The molecule has 1 aliphatic rings. The quantitative estimate of drug-likeness (QED) is 0.832. The van der Waals surface area contributed by atoms with Gasteiger partial charge in [0.25, 0.3) is 10.0 Å². The van der Waals surface area contributed by atoms with Crippen LogP contribution in [0.4, 0.5) is 0 Å². The molecule has 1 aliphatic carbocycles. The molecule has 1 heterocycles. The lowest BCUT2D eigenvalue weighted by Gasteiger charge is -2.27. The Bertz CT molecular complexity index is 576. The summed E-state index contributed by atoms with van der Waals surface area (Å²) in [5.41, 5.74) is 0. The zero-order valence-corrected chi connectivity index (χ0v) is 14.7. The van der Waals surface area contributed by atoms with Crippen molar-refractivity contribution < 1.29 is 13.2 Å². The van der Waals surface area contributed by atoms with Crippen LogP contribution < -0.4 is 10.0 Å². The summed E-state index contributed by atoms with van der Waals surface area (Å²) in [5, 5.41) is 4.72. The molecule has 7 heteroatoms. The van der Waals surface area contributed by atoms with Crippen LogP contribution in [0.5, 0.6) is 0 Å². The van der Waals surface area contributed by atoms with Crippen molar-refractivity contribution in [3.63, 3.8) is 0 Å². The first kappa shape index (κ1) is 17.4.